The number of benzene rings is 2. The molecular formula is C26H26ClN3O4. The van der Waals surface area contributed by atoms with E-state index in [4.69, 9.17) is 16.0 Å². The quantitative estimate of drug-likeness (QED) is 0.400. The van der Waals surface area contributed by atoms with E-state index >= 15 is 0 Å². The van der Waals surface area contributed by atoms with Crippen LogP contribution in [-0.4, -0.2) is 34.1 Å². The molecule has 2 N–H and O–H groups in total. The molecule has 1 amide bonds. The summed E-state index contributed by atoms with van der Waals surface area (Å²) in [4.78, 5) is 27.7. The van der Waals surface area contributed by atoms with Crippen molar-refractivity contribution >= 4 is 28.6 Å². The second-order valence-corrected chi connectivity index (χ2v) is 8.78. The minimum Gasteiger partial charge on any atom is -0.443 e. The topological polar surface area (TPSA) is 87.7 Å². The summed E-state index contributed by atoms with van der Waals surface area (Å²) in [6, 6.07) is 18.2. The smallest absolute Gasteiger partial charge is 0.257 e. The zero-order valence-electron chi connectivity index (χ0n) is 19.0. The van der Waals surface area contributed by atoms with Gasteiger partial charge in [0.15, 0.2) is 0 Å². The maximum Gasteiger partial charge on any atom is 0.257 e. The van der Waals surface area contributed by atoms with Gasteiger partial charge in [0, 0.05) is 31.4 Å². The summed E-state index contributed by atoms with van der Waals surface area (Å²) in [6.07, 6.45) is 0.843. The van der Waals surface area contributed by atoms with Crippen LogP contribution in [0.25, 0.3) is 11.1 Å². The Kier molecular flexibility index (Phi) is 7.17. The number of furan rings is 1. The van der Waals surface area contributed by atoms with Gasteiger partial charge in [-0.05, 0) is 36.4 Å². The van der Waals surface area contributed by atoms with Gasteiger partial charge in [-0.15, -0.1) is 0 Å². The maximum atomic E-state index is 13.0. The second-order valence-electron chi connectivity index (χ2n) is 8.35. The third kappa shape index (κ3) is 5.39. The minimum absolute atomic E-state index is 0.0455. The maximum absolute atomic E-state index is 13.0. The van der Waals surface area contributed by atoms with Crippen LogP contribution < -0.4 is 10.7 Å². The number of aliphatic hydroxyl groups excluding tert-OH is 1. The highest BCUT2D eigenvalue weighted by Crippen LogP contribution is 2.20. The van der Waals surface area contributed by atoms with Crippen molar-refractivity contribution in [3.05, 3.63) is 105 Å². The number of halogens is 1. The number of aryl methyl sites for hydroxylation is 1. The fraction of sp³-hybridized carbons (Fsp3) is 0.231. The van der Waals surface area contributed by atoms with Crippen molar-refractivity contribution in [2.45, 2.75) is 19.2 Å². The first-order valence-corrected chi connectivity index (χ1v) is 11.3. The van der Waals surface area contributed by atoms with Gasteiger partial charge in [-0.2, -0.15) is 0 Å². The van der Waals surface area contributed by atoms with Crippen LogP contribution in [0.15, 0.2) is 76.1 Å². The number of hydrogen-bond donors (Lipinski definition) is 2. The molecule has 2 aromatic heterocycles. The molecule has 1 atom stereocenters. The number of aromatic nitrogens is 1. The Morgan fingerprint density at radius 3 is 2.59 bits per heavy atom. The lowest BCUT2D eigenvalue weighted by molar-refractivity contribution is 0.0949. The predicted molar refractivity (Wildman–Crippen MR) is 132 cm³/mol. The van der Waals surface area contributed by atoms with Crippen molar-refractivity contribution in [2.75, 3.05) is 13.6 Å². The van der Waals surface area contributed by atoms with Gasteiger partial charge < -0.3 is 19.4 Å². The zero-order valence-corrected chi connectivity index (χ0v) is 19.7. The number of carbonyl (C=O) groups is 1. The molecule has 0 bridgehead atoms. The monoisotopic (exact) mass is 479 g/mol. The minimum atomic E-state index is -0.641. The van der Waals surface area contributed by atoms with E-state index in [1.54, 1.807) is 29.8 Å². The van der Waals surface area contributed by atoms with Gasteiger partial charge in [-0.3, -0.25) is 14.5 Å². The summed E-state index contributed by atoms with van der Waals surface area (Å²) in [5.74, 6) is 0.118. The Morgan fingerprint density at radius 2 is 1.88 bits per heavy atom. The number of pyridine rings is 1. The molecule has 0 aliphatic rings. The molecule has 0 saturated heterocycles. The van der Waals surface area contributed by atoms with Crippen molar-refractivity contribution in [3.8, 4) is 0 Å². The van der Waals surface area contributed by atoms with Gasteiger partial charge in [0.25, 0.3) is 5.91 Å². The molecule has 0 spiro atoms. The van der Waals surface area contributed by atoms with E-state index in [-0.39, 0.29) is 17.5 Å². The number of nitrogens with one attached hydrogen (secondary N) is 1. The lowest BCUT2D eigenvalue weighted by Gasteiger charge is -2.19. The predicted octanol–water partition coefficient (Wildman–Crippen LogP) is 3.88. The van der Waals surface area contributed by atoms with Crippen molar-refractivity contribution in [1.29, 1.82) is 0 Å². The van der Waals surface area contributed by atoms with Gasteiger partial charge in [-0.25, -0.2) is 0 Å². The third-order valence-electron chi connectivity index (χ3n) is 5.60. The van der Waals surface area contributed by atoms with Crippen LogP contribution in [0.3, 0.4) is 0 Å². The number of fused-ring (bicyclic) bond motifs is 1. The lowest BCUT2D eigenvalue weighted by atomic mass is 10.1. The van der Waals surface area contributed by atoms with Crippen LogP contribution >= 0.6 is 11.6 Å². The Labute approximate surface area is 202 Å². The van der Waals surface area contributed by atoms with Crippen molar-refractivity contribution in [1.82, 2.24) is 14.8 Å². The largest absolute Gasteiger partial charge is 0.443 e. The Hall–Kier alpha value is -3.39. The average Bonchev–Trinajstić information content (AvgIpc) is 3.26. The van der Waals surface area contributed by atoms with Gasteiger partial charge in [0.05, 0.1) is 18.0 Å². The molecule has 0 aliphatic heterocycles. The molecule has 4 aromatic rings. The number of hydrogen-bond acceptors (Lipinski definition) is 5. The molecule has 4 rings (SSSR count). The van der Waals surface area contributed by atoms with Gasteiger partial charge in [0.2, 0.25) is 11.1 Å². The summed E-state index contributed by atoms with van der Waals surface area (Å²) in [5.41, 5.74) is 1.77. The van der Waals surface area contributed by atoms with E-state index < -0.39 is 12.0 Å². The van der Waals surface area contributed by atoms with Crippen LogP contribution in [0, 0.1) is 0 Å². The molecule has 0 saturated carbocycles. The number of carbonyl (C=O) groups excluding carboxylic acids is 1. The van der Waals surface area contributed by atoms with E-state index in [1.807, 2.05) is 54.4 Å². The van der Waals surface area contributed by atoms with Crippen molar-refractivity contribution < 1.29 is 14.3 Å². The first-order chi connectivity index (χ1) is 16.3. The fourth-order valence-electron chi connectivity index (χ4n) is 3.84. The van der Waals surface area contributed by atoms with Gasteiger partial charge in [-0.1, -0.05) is 54.1 Å². The molecule has 2 aromatic carbocycles. The van der Waals surface area contributed by atoms with E-state index in [2.05, 4.69) is 5.32 Å². The Morgan fingerprint density at radius 1 is 1.18 bits per heavy atom. The highest BCUT2D eigenvalue weighted by atomic mass is 35.5. The van der Waals surface area contributed by atoms with Gasteiger partial charge in [0.1, 0.15) is 11.3 Å². The summed E-state index contributed by atoms with van der Waals surface area (Å²) in [5, 5.41) is 14.2. The lowest BCUT2D eigenvalue weighted by Crippen LogP contribution is -2.29. The van der Waals surface area contributed by atoms with E-state index in [1.165, 1.54) is 6.20 Å². The first kappa shape index (κ1) is 23.8. The first-order valence-electron chi connectivity index (χ1n) is 10.9. The molecule has 0 radical (unpaired) electrons. The summed E-state index contributed by atoms with van der Waals surface area (Å²) in [7, 11) is 3.60. The van der Waals surface area contributed by atoms with Crippen LogP contribution in [0.5, 0.6) is 0 Å². The Bertz CT molecular complexity index is 1350. The van der Waals surface area contributed by atoms with Crippen molar-refractivity contribution in [2.24, 2.45) is 7.05 Å². The standard InChI is InChI=1S/C26H26ClN3O4/c1-29(16-23(31)18-6-4-3-5-7-18)14-20-12-21-24(32)22(15-30(2)26(21)34-20)25(33)28-13-17-8-10-19(27)11-9-17/h3-12,15,23,31H,13-14,16H2,1-2H3,(H,28,33)/t23-/m1/s1. The summed E-state index contributed by atoms with van der Waals surface area (Å²) in [6.45, 7) is 1.08. The highest BCUT2D eigenvalue weighted by molar-refractivity contribution is 6.30. The summed E-state index contributed by atoms with van der Waals surface area (Å²) >= 11 is 5.89. The SMILES string of the molecule is CN(Cc1cc2c(=O)c(C(=O)NCc3ccc(Cl)cc3)cn(C)c2o1)C[C@@H](O)c1ccccc1. The average molecular weight is 480 g/mol. The van der Waals surface area contributed by atoms with E-state index in [0.717, 1.165) is 11.1 Å². The molecule has 34 heavy (non-hydrogen) atoms. The molecule has 8 heteroatoms. The molecular weight excluding hydrogens is 454 g/mol. The molecule has 0 fully saturated rings. The number of likely N-dealkylation sites (N-methyl/N-ethyl adjacent to an activating group) is 1. The number of rotatable bonds is 8. The third-order valence-corrected chi connectivity index (χ3v) is 5.85. The fourth-order valence-corrected chi connectivity index (χ4v) is 3.96. The van der Waals surface area contributed by atoms with E-state index in [0.29, 0.717) is 35.0 Å². The van der Waals surface area contributed by atoms with Crippen LogP contribution in [0.1, 0.15) is 33.3 Å². The normalized spacial score (nSPS) is 12.3. The molecule has 0 aliphatic carbocycles. The van der Waals surface area contributed by atoms with Crippen LogP contribution in [-0.2, 0) is 20.1 Å². The molecule has 176 valence electrons. The van der Waals surface area contributed by atoms with Gasteiger partial charge >= 0.3 is 0 Å². The van der Waals surface area contributed by atoms with Crippen LogP contribution in [0.2, 0.25) is 5.02 Å². The molecule has 2 heterocycles. The second kappa shape index (κ2) is 10.3. The number of amides is 1. The zero-order chi connectivity index (χ0) is 24.2. The number of nitrogens with zero attached hydrogens (tertiary/aromatic N) is 2. The highest BCUT2D eigenvalue weighted by Gasteiger charge is 2.19. The van der Waals surface area contributed by atoms with Crippen molar-refractivity contribution in [3.63, 3.8) is 0 Å². The van der Waals surface area contributed by atoms with E-state index in [9.17, 15) is 14.7 Å². The number of aliphatic hydroxyl groups is 1. The molecule has 0 unspecified atom stereocenters. The van der Waals surface area contributed by atoms with Crippen LogP contribution in [0.4, 0.5) is 0 Å². The Balaban J connectivity index is 1.48. The molecule has 7 nitrogen and oxygen atoms in total. The summed E-state index contributed by atoms with van der Waals surface area (Å²) < 4.78 is 7.54.